The molecule has 0 amide bonds. The van der Waals surface area contributed by atoms with E-state index in [1.807, 2.05) is 24.3 Å². The maximum atomic E-state index is 13.7. The zero-order valence-corrected chi connectivity index (χ0v) is 29.8. The normalized spacial score (nSPS) is 19.2. The second-order valence-electron chi connectivity index (χ2n) is 13.3. The van der Waals surface area contributed by atoms with Gasteiger partial charge >= 0.3 is 0 Å². The van der Waals surface area contributed by atoms with E-state index in [2.05, 4.69) is 5.32 Å². The fraction of sp³-hybridized carbons (Fsp3) is 0.486. The third-order valence-corrected chi connectivity index (χ3v) is 13.8. The third kappa shape index (κ3) is 8.12. The van der Waals surface area contributed by atoms with E-state index >= 15 is 0 Å². The average molecular weight is 718 g/mol. The van der Waals surface area contributed by atoms with Gasteiger partial charge in [-0.1, -0.05) is 30.3 Å². The van der Waals surface area contributed by atoms with Gasteiger partial charge in [0.05, 0.1) is 40.5 Å². The SMILES string of the molecule is COc1ccc(S(=O)(=O)N2CCC3(CC2)C[C@H](NCC(O)COc2cccc(S(=O)(=O)C(C)(C)CO)c2)CO3)cc1-c1ccc(CN)cc1. The predicted molar refractivity (Wildman–Crippen MR) is 186 cm³/mol. The Morgan fingerprint density at radius 3 is 2.41 bits per heavy atom. The van der Waals surface area contributed by atoms with Gasteiger partial charge in [0.1, 0.15) is 24.2 Å². The molecule has 268 valence electrons. The molecular weight excluding hydrogens is 671 g/mol. The number of rotatable bonds is 14. The molecular formula is C35H47N3O9S2. The van der Waals surface area contributed by atoms with Crippen LogP contribution in [0.1, 0.15) is 38.7 Å². The number of piperidine rings is 1. The Kier molecular flexibility index (Phi) is 11.4. The topological polar surface area (TPSA) is 178 Å². The zero-order chi connectivity index (χ0) is 35.5. The standard InChI is InChI=1S/C35H47N3O9S2/c1-34(2,24-39)48(41,42)30-6-4-5-29(17-30)46-23-28(40)21-37-27-19-35(47-22-27)13-15-38(16-14-35)49(43,44)31-11-12-33(45-3)32(18-31)26-9-7-25(20-36)8-10-26/h4-12,17-18,27-28,37,39-40H,13-16,19-24,36H2,1-3H3/t27-,28?/m0/s1. The second kappa shape index (κ2) is 15.0. The van der Waals surface area contributed by atoms with Gasteiger partial charge in [-0.3, -0.25) is 0 Å². The molecule has 3 aromatic rings. The molecule has 2 aliphatic rings. The van der Waals surface area contributed by atoms with Crippen molar-refractivity contribution in [3.63, 3.8) is 0 Å². The summed E-state index contributed by atoms with van der Waals surface area (Å²) in [5.41, 5.74) is 7.78. The average Bonchev–Trinajstić information content (AvgIpc) is 3.51. The molecule has 0 bridgehead atoms. The van der Waals surface area contributed by atoms with Crippen LogP contribution >= 0.6 is 0 Å². The first-order valence-corrected chi connectivity index (χ1v) is 19.3. The molecule has 2 aliphatic heterocycles. The number of hydrogen-bond donors (Lipinski definition) is 4. The fourth-order valence-corrected chi connectivity index (χ4v) is 9.00. The third-order valence-electron chi connectivity index (χ3n) is 9.46. The molecule has 1 spiro atoms. The lowest BCUT2D eigenvalue weighted by atomic mass is 9.88. The van der Waals surface area contributed by atoms with Crippen LogP contribution in [0.2, 0.25) is 0 Å². The monoisotopic (exact) mass is 717 g/mol. The lowest BCUT2D eigenvalue weighted by Crippen LogP contribution is -2.47. The number of ether oxygens (including phenoxy) is 3. The molecule has 5 N–H and O–H groups in total. The highest BCUT2D eigenvalue weighted by molar-refractivity contribution is 7.92. The van der Waals surface area contributed by atoms with E-state index in [0.717, 1.165) is 11.1 Å². The highest BCUT2D eigenvalue weighted by atomic mass is 32.2. The fourth-order valence-electron chi connectivity index (χ4n) is 6.19. The minimum atomic E-state index is -3.79. The van der Waals surface area contributed by atoms with Crippen LogP contribution in [0.5, 0.6) is 11.5 Å². The van der Waals surface area contributed by atoms with Crippen LogP contribution in [0.4, 0.5) is 0 Å². The summed E-state index contributed by atoms with van der Waals surface area (Å²) in [6, 6.07) is 18.5. The Balaban J connectivity index is 1.13. The number of nitrogens with zero attached hydrogens (tertiary/aromatic N) is 1. The molecule has 2 heterocycles. The summed E-state index contributed by atoms with van der Waals surface area (Å²) in [6.07, 6.45) is 0.906. The lowest BCUT2D eigenvalue weighted by Gasteiger charge is -2.38. The molecule has 49 heavy (non-hydrogen) atoms. The van der Waals surface area contributed by atoms with Gasteiger partial charge < -0.3 is 35.5 Å². The van der Waals surface area contributed by atoms with Crippen LogP contribution in [-0.4, -0.2) is 100 Å². The molecule has 2 atom stereocenters. The molecule has 2 fully saturated rings. The maximum Gasteiger partial charge on any atom is 0.243 e. The van der Waals surface area contributed by atoms with Crippen molar-refractivity contribution in [2.24, 2.45) is 5.73 Å². The number of aliphatic hydroxyl groups excluding tert-OH is 2. The summed E-state index contributed by atoms with van der Waals surface area (Å²) in [5, 5.41) is 23.4. The van der Waals surface area contributed by atoms with Gasteiger partial charge in [0.15, 0.2) is 9.84 Å². The number of benzene rings is 3. The van der Waals surface area contributed by atoms with Crippen molar-refractivity contribution in [1.29, 1.82) is 0 Å². The van der Waals surface area contributed by atoms with Gasteiger partial charge in [0.2, 0.25) is 10.0 Å². The summed E-state index contributed by atoms with van der Waals surface area (Å²) in [4.78, 5) is 0.235. The summed E-state index contributed by atoms with van der Waals surface area (Å²) >= 11 is 0. The Bertz CT molecular complexity index is 1810. The smallest absolute Gasteiger partial charge is 0.243 e. The van der Waals surface area contributed by atoms with Crippen molar-refractivity contribution in [2.75, 3.05) is 46.6 Å². The van der Waals surface area contributed by atoms with Gasteiger partial charge in [-0.05, 0) is 80.6 Å². The van der Waals surface area contributed by atoms with Gasteiger partial charge in [-0.25, -0.2) is 16.8 Å². The molecule has 0 radical (unpaired) electrons. The molecule has 3 aromatic carbocycles. The van der Waals surface area contributed by atoms with Crippen molar-refractivity contribution < 1.29 is 41.3 Å². The first-order valence-electron chi connectivity index (χ1n) is 16.3. The van der Waals surface area contributed by atoms with Gasteiger partial charge in [-0.2, -0.15) is 4.31 Å². The summed E-state index contributed by atoms with van der Waals surface area (Å²) in [5.74, 6) is 0.875. The van der Waals surface area contributed by atoms with Crippen molar-refractivity contribution in [3.05, 3.63) is 72.3 Å². The van der Waals surface area contributed by atoms with E-state index in [-0.39, 0.29) is 29.0 Å². The number of aliphatic hydroxyl groups is 2. The first-order chi connectivity index (χ1) is 23.2. The van der Waals surface area contributed by atoms with E-state index in [9.17, 15) is 27.0 Å². The molecule has 5 rings (SSSR count). The Labute approximate surface area is 289 Å². The van der Waals surface area contributed by atoms with E-state index in [4.69, 9.17) is 19.9 Å². The van der Waals surface area contributed by atoms with Crippen molar-refractivity contribution in [3.8, 4) is 22.6 Å². The van der Waals surface area contributed by atoms with Crippen molar-refractivity contribution >= 4 is 19.9 Å². The number of sulfone groups is 1. The summed E-state index contributed by atoms with van der Waals surface area (Å²) in [6.45, 7) is 4.05. The van der Waals surface area contributed by atoms with Crippen molar-refractivity contribution in [2.45, 2.75) is 71.9 Å². The molecule has 1 unspecified atom stereocenters. The lowest BCUT2D eigenvalue weighted by molar-refractivity contribution is -0.0312. The Morgan fingerprint density at radius 1 is 1.04 bits per heavy atom. The molecule has 0 aliphatic carbocycles. The number of sulfonamides is 1. The van der Waals surface area contributed by atoms with E-state index in [0.29, 0.717) is 62.6 Å². The van der Waals surface area contributed by atoms with E-state index in [1.165, 1.54) is 30.3 Å². The molecule has 2 saturated heterocycles. The van der Waals surface area contributed by atoms with E-state index < -0.39 is 42.9 Å². The zero-order valence-electron chi connectivity index (χ0n) is 28.2. The maximum absolute atomic E-state index is 13.7. The number of hydrogen-bond acceptors (Lipinski definition) is 11. The van der Waals surface area contributed by atoms with Crippen LogP contribution in [0, 0.1) is 0 Å². The molecule has 14 heteroatoms. The van der Waals surface area contributed by atoms with Crippen LogP contribution in [0.3, 0.4) is 0 Å². The van der Waals surface area contributed by atoms with Gasteiger partial charge in [0.25, 0.3) is 0 Å². The Morgan fingerprint density at radius 2 is 1.76 bits per heavy atom. The largest absolute Gasteiger partial charge is 0.496 e. The Hall–Kier alpha value is -3.08. The van der Waals surface area contributed by atoms with Gasteiger partial charge in [0, 0.05) is 37.8 Å². The highest BCUT2D eigenvalue weighted by Gasteiger charge is 2.45. The predicted octanol–water partition coefficient (Wildman–Crippen LogP) is 2.71. The quantitative estimate of drug-likeness (QED) is 0.193. The number of nitrogens with one attached hydrogen (secondary N) is 1. The minimum Gasteiger partial charge on any atom is -0.496 e. The molecule has 0 aromatic heterocycles. The number of nitrogens with two attached hydrogens (primary N) is 1. The van der Waals surface area contributed by atoms with Crippen LogP contribution in [-0.2, 0) is 31.1 Å². The first kappa shape index (κ1) is 37.2. The van der Waals surface area contributed by atoms with Crippen LogP contribution < -0.4 is 20.5 Å². The van der Waals surface area contributed by atoms with Crippen molar-refractivity contribution in [1.82, 2.24) is 9.62 Å². The minimum absolute atomic E-state index is 0.0261. The highest BCUT2D eigenvalue weighted by Crippen LogP contribution is 2.39. The summed E-state index contributed by atoms with van der Waals surface area (Å²) < 4.78 is 70.8. The number of methoxy groups -OCH3 is 1. The van der Waals surface area contributed by atoms with Gasteiger partial charge in [-0.15, -0.1) is 0 Å². The van der Waals surface area contributed by atoms with Crippen LogP contribution in [0.25, 0.3) is 11.1 Å². The molecule has 12 nitrogen and oxygen atoms in total. The van der Waals surface area contributed by atoms with Crippen LogP contribution in [0.15, 0.2) is 76.5 Å². The van der Waals surface area contributed by atoms with E-state index in [1.54, 1.807) is 37.4 Å². The summed E-state index contributed by atoms with van der Waals surface area (Å²) in [7, 11) is -6.00. The second-order valence-corrected chi connectivity index (χ2v) is 17.9. The molecule has 0 saturated carbocycles.